The molecule has 2 aromatic rings. The number of carbonyl (C=O) groups is 3. The highest BCUT2D eigenvalue weighted by atomic mass is 32.1. The molecule has 2 heterocycles. The molecule has 1 saturated carbocycles. The normalized spacial score (nSPS) is 18.6. The fourth-order valence-corrected chi connectivity index (χ4v) is 5.64. The number of nitrogens with one attached hydrogen (secondary N) is 1. The Bertz CT molecular complexity index is 1080. The molecule has 1 aliphatic heterocycles. The summed E-state index contributed by atoms with van der Waals surface area (Å²) in [4.78, 5) is 41.1. The average molecular weight is 516 g/mol. The van der Waals surface area contributed by atoms with Crippen LogP contribution in [0.15, 0.2) is 24.3 Å². The number of nitrogens with zero attached hydrogens (tertiary/aromatic N) is 2. The van der Waals surface area contributed by atoms with E-state index in [1.165, 1.54) is 0 Å². The van der Waals surface area contributed by atoms with Gasteiger partial charge in [0, 0.05) is 19.2 Å². The van der Waals surface area contributed by atoms with Crippen molar-refractivity contribution in [3.05, 3.63) is 40.4 Å². The first-order valence-corrected chi connectivity index (χ1v) is 13.2. The maximum absolute atomic E-state index is 14.0. The molecule has 36 heavy (non-hydrogen) atoms. The highest BCUT2D eigenvalue weighted by molar-refractivity contribution is 7.09. The third kappa shape index (κ3) is 5.62. The third-order valence-electron chi connectivity index (χ3n) is 6.67. The quantitative estimate of drug-likeness (QED) is 0.440. The second-order valence-corrected chi connectivity index (χ2v) is 9.85. The SMILES string of the molecule is CCOc1ccc([C@@H](C(=O)NC[C@@H]2CCCO2)N(C(=O)c2snc(C(N)=O)c2N)C2CCCC2)cc1. The van der Waals surface area contributed by atoms with Crippen molar-refractivity contribution in [1.82, 2.24) is 14.6 Å². The van der Waals surface area contributed by atoms with Crippen LogP contribution < -0.4 is 21.5 Å². The molecular formula is C25H33N5O5S. The van der Waals surface area contributed by atoms with Crippen LogP contribution in [0.5, 0.6) is 5.75 Å². The maximum Gasteiger partial charge on any atom is 0.270 e. The van der Waals surface area contributed by atoms with Crippen LogP contribution in [0.1, 0.15) is 77.2 Å². The summed E-state index contributed by atoms with van der Waals surface area (Å²) in [6, 6.07) is 6.13. The number of nitrogen functional groups attached to an aromatic ring is 1. The molecule has 11 heteroatoms. The number of aromatic nitrogens is 1. The van der Waals surface area contributed by atoms with E-state index in [4.69, 9.17) is 20.9 Å². The zero-order chi connectivity index (χ0) is 25.7. The lowest BCUT2D eigenvalue weighted by Gasteiger charge is -2.36. The van der Waals surface area contributed by atoms with Gasteiger partial charge < -0.3 is 31.2 Å². The minimum atomic E-state index is -0.906. The molecular weight excluding hydrogens is 482 g/mol. The third-order valence-corrected chi connectivity index (χ3v) is 7.52. The fourth-order valence-electron chi connectivity index (χ4n) is 4.89. The van der Waals surface area contributed by atoms with Gasteiger partial charge in [0.25, 0.3) is 11.8 Å². The lowest BCUT2D eigenvalue weighted by atomic mass is 10.00. The number of rotatable bonds is 10. The van der Waals surface area contributed by atoms with Gasteiger partial charge in [-0.25, -0.2) is 0 Å². The summed E-state index contributed by atoms with van der Waals surface area (Å²) < 4.78 is 15.2. The van der Waals surface area contributed by atoms with Crippen LogP contribution in [0.4, 0.5) is 5.69 Å². The van der Waals surface area contributed by atoms with Crippen molar-refractivity contribution >= 4 is 34.9 Å². The molecule has 2 atom stereocenters. The van der Waals surface area contributed by atoms with Crippen LogP contribution in [0.3, 0.4) is 0 Å². The van der Waals surface area contributed by atoms with Gasteiger partial charge in [0.15, 0.2) is 5.69 Å². The summed E-state index contributed by atoms with van der Waals surface area (Å²) in [5.41, 5.74) is 12.0. The van der Waals surface area contributed by atoms with Crippen LogP contribution in [0.2, 0.25) is 0 Å². The number of hydrogen-bond donors (Lipinski definition) is 3. The molecule has 2 fully saturated rings. The average Bonchev–Trinajstić information content (AvgIpc) is 3.64. The zero-order valence-electron chi connectivity index (χ0n) is 20.4. The van der Waals surface area contributed by atoms with Crippen molar-refractivity contribution in [1.29, 1.82) is 0 Å². The van der Waals surface area contributed by atoms with Crippen LogP contribution in [-0.4, -0.2) is 58.9 Å². The first kappa shape index (κ1) is 25.9. The Labute approximate surface area is 214 Å². The Hall–Kier alpha value is -3.18. The van der Waals surface area contributed by atoms with Gasteiger partial charge >= 0.3 is 0 Å². The van der Waals surface area contributed by atoms with Crippen molar-refractivity contribution < 1.29 is 23.9 Å². The summed E-state index contributed by atoms with van der Waals surface area (Å²) in [6.07, 6.45) is 5.23. The maximum atomic E-state index is 14.0. The number of primary amides is 1. The second-order valence-electron chi connectivity index (χ2n) is 9.07. The standard InChI is InChI=1S/C25H33N5O5S/c1-2-34-17-11-9-15(10-12-17)21(24(32)28-14-18-8-5-13-35-18)30(16-6-3-4-7-16)25(33)22-19(26)20(23(27)31)29-36-22/h9-12,16,18,21H,2-8,13-14,26H2,1H3,(H2,27,31)(H,28,32)/t18-,21-/m0/s1. The van der Waals surface area contributed by atoms with Gasteiger partial charge in [-0.3, -0.25) is 14.4 Å². The number of hydrogen-bond acceptors (Lipinski definition) is 8. The lowest BCUT2D eigenvalue weighted by molar-refractivity contribution is -0.127. The van der Waals surface area contributed by atoms with Gasteiger partial charge in [0.05, 0.1) is 18.4 Å². The topological polar surface area (TPSA) is 150 Å². The highest BCUT2D eigenvalue weighted by Crippen LogP contribution is 2.36. The van der Waals surface area contributed by atoms with E-state index in [1.54, 1.807) is 29.2 Å². The first-order chi connectivity index (χ1) is 17.4. The molecule has 1 aromatic carbocycles. The van der Waals surface area contributed by atoms with E-state index in [1.807, 2.05) is 6.92 Å². The molecule has 0 radical (unpaired) electrons. The minimum Gasteiger partial charge on any atom is -0.494 e. The van der Waals surface area contributed by atoms with Crippen molar-refractivity contribution in [2.75, 3.05) is 25.5 Å². The van der Waals surface area contributed by atoms with Crippen LogP contribution in [0, 0.1) is 0 Å². The van der Waals surface area contributed by atoms with E-state index >= 15 is 0 Å². The first-order valence-electron chi connectivity index (χ1n) is 12.4. The van der Waals surface area contributed by atoms with Crippen LogP contribution in [-0.2, 0) is 9.53 Å². The van der Waals surface area contributed by atoms with Crippen LogP contribution >= 0.6 is 11.5 Å². The van der Waals surface area contributed by atoms with Gasteiger partial charge in [-0.05, 0) is 61.8 Å². The summed E-state index contributed by atoms with van der Waals surface area (Å²) >= 11 is 0.828. The lowest BCUT2D eigenvalue weighted by Crippen LogP contribution is -2.49. The number of ether oxygens (including phenoxy) is 2. The molecule has 10 nitrogen and oxygen atoms in total. The summed E-state index contributed by atoms with van der Waals surface area (Å²) in [5.74, 6) is -0.854. The zero-order valence-corrected chi connectivity index (χ0v) is 21.2. The van der Waals surface area contributed by atoms with Crippen molar-refractivity contribution in [3.8, 4) is 5.75 Å². The van der Waals surface area contributed by atoms with Gasteiger partial charge in [-0.2, -0.15) is 4.37 Å². The van der Waals surface area contributed by atoms with E-state index < -0.39 is 17.9 Å². The van der Waals surface area contributed by atoms with Gasteiger partial charge in [-0.1, -0.05) is 25.0 Å². The van der Waals surface area contributed by atoms with E-state index in [-0.39, 0.29) is 34.3 Å². The molecule has 2 aliphatic rings. The molecule has 1 saturated heterocycles. The number of carbonyl (C=O) groups excluding carboxylic acids is 3. The summed E-state index contributed by atoms with van der Waals surface area (Å²) in [5, 5.41) is 3.00. The molecule has 4 rings (SSSR count). The van der Waals surface area contributed by atoms with Gasteiger partial charge in [0.2, 0.25) is 5.91 Å². The molecule has 0 unspecified atom stereocenters. The van der Waals surface area contributed by atoms with Crippen molar-refractivity contribution in [3.63, 3.8) is 0 Å². The minimum absolute atomic E-state index is 0.0409. The monoisotopic (exact) mass is 515 g/mol. The van der Waals surface area contributed by atoms with E-state index in [2.05, 4.69) is 9.69 Å². The molecule has 1 aromatic heterocycles. The summed E-state index contributed by atoms with van der Waals surface area (Å²) in [7, 11) is 0. The number of amides is 3. The highest BCUT2D eigenvalue weighted by Gasteiger charge is 2.40. The molecule has 0 bridgehead atoms. The molecule has 0 spiro atoms. The smallest absolute Gasteiger partial charge is 0.270 e. The molecule has 194 valence electrons. The predicted molar refractivity (Wildman–Crippen MR) is 136 cm³/mol. The van der Waals surface area contributed by atoms with E-state index in [9.17, 15) is 14.4 Å². The van der Waals surface area contributed by atoms with E-state index in [0.29, 0.717) is 31.1 Å². The van der Waals surface area contributed by atoms with Crippen LogP contribution in [0.25, 0.3) is 0 Å². The number of anilines is 1. The molecule has 5 N–H and O–H groups in total. The Morgan fingerprint density at radius 3 is 2.50 bits per heavy atom. The van der Waals surface area contributed by atoms with E-state index in [0.717, 1.165) is 50.1 Å². The largest absolute Gasteiger partial charge is 0.494 e. The fraction of sp³-hybridized carbons (Fsp3) is 0.520. The second kappa shape index (κ2) is 11.7. The Kier molecular flexibility index (Phi) is 8.42. The molecule has 1 aliphatic carbocycles. The summed E-state index contributed by atoms with van der Waals surface area (Å²) in [6.45, 7) is 3.47. The van der Waals surface area contributed by atoms with Gasteiger partial charge in [-0.15, -0.1) is 0 Å². The van der Waals surface area contributed by atoms with Crippen molar-refractivity contribution in [2.45, 2.75) is 63.6 Å². The number of nitrogens with two attached hydrogens (primary N) is 2. The van der Waals surface area contributed by atoms with Crippen molar-refractivity contribution in [2.24, 2.45) is 5.73 Å². The Morgan fingerprint density at radius 1 is 1.19 bits per heavy atom. The number of benzene rings is 1. The van der Waals surface area contributed by atoms with Gasteiger partial charge in [0.1, 0.15) is 16.7 Å². The Morgan fingerprint density at radius 2 is 1.92 bits per heavy atom. The molecule has 3 amide bonds. The Balaban J connectivity index is 1.71. The predicted octanol–water partition coefficient (Wildman–Crippen LogP) is 2.64.